The van der Waals surface area contributed by atoms with Gasteiger partial charge in [-0.2, -0.15) is 0 Å². The van der Waals surface area contributed by atoms with Crippen molar-refractivity contribution in [1.29, 1.82) is 0 Å². The van der Waals surface area contributed by atoms with Gasteiger partial charge in [0.25, 0.3) is 0 Å². The SMILES string of the molecule is Nc1cccc(C(=O)c2ccc(Br)o2)c1Br. The van der Waals surface area contributed by atoms with E-state index in [1.165, 1.54) is 0 Å². The summed E-state index contributed by atoms with van der Waals surface area (Å²) in [4.78, 5) is 12.0. The Morgan fingerprint density at radius 3 is 2.56 bits per heavy atom. The van der Waals surface area contributed by atoms with Gasteiger partial charge in [0, 0.05) is 11.3 Å². The lowest BCUT2D eigenvalue weighted by Crippen LogP contribution is -2.02. The number of ketones is 1. The molecule has 2 aromatic rings. The summed E-state index contributed by atoms with van der Waals surface area (Å²) in [5, 5.41) is 0. The molecule has 0 radical (unpaired) electrons. The molecule has 0 fully saturated rings. The summed E-state index contributed by atoms with van der Waals surface area (Å²) in [7, 11) is 0. The maximum absolute atomic E-state index is 12.0. The van der Waals surface area contributed by atoms with Crippen LogP contribution in [0.4, 0.5) is 5.69 Å². The first-order valence-corrected chi connectivity index (χ1v) is 6.02. The van der Waals surface area contributed by atoms with Crippen LogP contribution in [0.15, 0.2) is 43.9 Å². The third-order valence-corrected chi connectivity index (χ3v) is 3.38. The normalized spacial score (nSPS) is 10.4. The number of carbonyl (C=O) groups excluding carboxylic acids is 1. The second-order valence-electron chi connectivity index (χ2n) is 3.14. The molecule has 0 atom stereocenters. The maximum Gasteiger partial charge on any atom is 0.229 e. The lowest BCUT2D eigenvalue weighted by atomic mass is 10.1. The highest BCUT2D eigenvalue weighted by Crippen LogP contribution is 2.27. The summed E-state index contributed by atoms with van der Waals surface area (Å²) in [6, 6.07) is 8.43. The summed E-state index contributed by atoms with van der Waals surface area (Å²) < 4.78 is 6.31. The van der Waals surface area contributed by atoms with Crippen LogP contribution in [-0.4, -0.2) is 5.78 Å². The van der Waals surface area contributed by atoms with Gasteiger partial charge in [-0.3, -0.25) is 4.79 Å². The third-order valence-electron chi connectivity index (χ3n) is 2.07. The zero-order valence-corrected chi connectivity index (χ0v) is 11.2. The monoisotopic (exact) mass is 343 g/mol. The smallest absolute Gasteiger partial charge is 0.229 e. The predicted octanol–water partition coefficient (Wildman–Crippen LogP) is 3.62. The van der Waals surface area contributed by atoms with Crippen LogP contribution in [0.1, 0.15) is 16.1 Å². The molecular weight excluding hydrogens is 338 g/mol. The molecule has 16 heavy (non-hydrogen) atoms. The van der Waals surface area contributed by atoms with E-state index >= 15 is 0 Å². The van der Waals surface area contributed by atoms with Gasteiger partial charge in [-0.25, -0.2) is 0 Å². The number of halogens is 2. The first-order chi connectivity index (χ1) is 7.59. The fourth-order valence-corrected chi connectivity index (χ4v) is 2.05. The van der Waals surface area contributed by atoms with Crippen molar-refractivity contribution in [2.45, 2.75) is 0 Å². The number of furan rings is 1. The molecule has 5 heteroatoms. The number of rotatable bonds is 2. The molecule has 0 aliphatic rings. The molecule has 3 nitrogen and oxygen atoms in total. The van der Waals surface area contributed by atoms with Crippen LogP contribution >= 0.6 is 31.9 Å². The van der Waals surface area contributed by atoms with Crippen molar-refractivity contribution in [1.82, 2.24) is 0 Å². The lowest BCUT2D eigenvalue weighted by molar-refractivity contribution is 0.101. The summed E-state index contributed by atoms with van der Waals surface area (Å²) in [6.07, 6.45) is 0. The number of nitrogen functional groups attached to an aromatic ring is 1. The minimum Gasteiger partial charge on any atom is -0.446 e. The molecule has 82 valence electrons. The van der Waals surface area contributed by atoms with E-state index in [1.807, 2.05) is 0 Å². The highest BCUT2D eigenvalue weighted by atomic mass is 79.9. The van der Waals surface area contributed by atoms with Gasteiger partial charge in [0.1, 0.15) is 0 Å². The van der Waals surface area contributed by atoms with Crippen LogP contribution in [0.25, 0.3) is 0 Å². The van der Waals surface area contributed by atoms with E-state index < -0.39 is 0 Å². The number of benzene rings is 1. The van der Waals surface area contributed by atoms with Crippen molar-refractivity contribution >= 4 is 43.3 Å². The fraction of sp³-hybridized carbons (Fsp3) is 0. The second-order valence-corrected chi connectivity index (χ2v) is 4.72. The summed E-state index contributed by atoms with van der Waals surface area (Å²) in [5.41, 5.74) is 6.72. The number of carbonyl (C=O) groups is 1. The van der Waals surface area contributed by atoms with Gasteiger partial charge in [-0.1, -0.05) is 6.07 Å². The van der Waals surface area contributed by atoms with Gasteiger partial charge in [0.05, 0.1) is 4.47 Å². The molecule has 0 saturated heterocycles. The zero-order chi connectivity index (χ0) is 11.7. The molecule has 0 saturated carbocycles. The summed E-state index contributed by atoms with van der Waals surface area (Å²) >= 11 is 6.44. The number of hydrogen-bond acceptors (Lipinski definition) is 3. The van der Waals surface area contributed by atoms with Crippen LogP contribution in [0.2, 0.25) is 0 Å². The molecular formula is C11H7Br2NO2. The van der Waals surface area contributed by atoms with Crippen molar-refractivity contribution in [2.24, 2.45) is 0 Å². The van der Waals surface area contributed by atoms with E-state index in [0.29, 0.717) is 20.4 Å². The molecule has 2 N–H and O–H groups in total. The van der Waals surface area contributed by atoms with Gasteiger partial charge in [-0.15, -0.1) is 0 Å². The molecule has 0 aliphatic carbocycles. The van der Waals surface area contributed by atoms with Crippen LogP contribution in [0, 0.1) is 0 Å². The number of nitrogens with two attached hydrogens (primary N) is 1. The predicted molar refractivity (Wildman–Crippen MR) is 68.4 cm³/mol. The van der Waals surface area contributed by atoms with Crippen molar-refractivity contribution in [2.75, 3.05) is 5.73 Å². The zero-order valence-electron chi connectivity index (χ0n) is 8.04. The molecule has 1 aromatic carbocycles. The highest BCUT2D eigenvalue weighted by molar-refractivity contribution is 9.10. The van der Waals surface area contributed by atoms with Gasteiger partial charge in [0.2, 0.25) is 5.78 Å². The van der Waals surface area contributed by atoms with Gasteiger partial charge >= 0.3 is 0 Å². The van der Waals surface area contributed by atoms with Crippen LogP contribution in [0.5, 0.6) is 0 Å². The largest absolute Gasteiger partial charge is 0.446 e. The second kappa shape index (κ2) is 4.43. The van der Waals surface area contributed by atoms with Gasteiger partial charge in [-0.05, 0) is 56.1 Å². The Morgan fingerprint density at radius 2 is 1.94 bits per heavy atom. The standard InChI is InChI=1S/C11H7Br2NO2/c12-9-5-4-8(16-9)11(15)6-2-1-3-7(14)10(6)13/h1-5H,14H2. The molecule has 1 aromatic heterocycles. The van der Waals surface area contributed by atoms with E-state index in [0.717, 1.165) is 0 Å². The Hall–Kier alpha value is -1.07. The molecule has 0 aliphatic heterocycles. The minimum absolute atomic E-state index is 0.204. The van der Waals surface area contributed by atoms with Crippen molar-refractivity contribution in [3.63, 3.8) is 0 Å². The topological polar surface area (TPSA) is 56.2 Å². The maximum atomic E-state index is 12.0. The van der Waals surface area contributed by atoms with Crippen LogP contribution in [-0.2, 0) is 0 Å². The van der Waals surface area contributed by atoms with Crippen molar-refractivity contribution in [3.8, 4) is 0 Å². The third kappa shape index (κ3) is 2.05. The summed E-state index contributed by atoms with van der Waals surface area (Å²) in [6.45, 7) is 0. The Kier molecular flexibility index (Phi) is 3.16. The van der Waals surface area contributed by atoms with Crippen molar-refractivity contribution < 1.29 is 9.21 Å². The average Bonchev–Trinajstić information content (AvgIpc) is 2.68. The molecule has 0 unspecified atom stereocenters. The van der Waals surface area contributed by atoms with Crippen LogP contribution < -0.4 is 5.73 Å². The van der Waals surface area contributed by atoms with E-state index in [9.17, 15) is 4.79 Å². The van der Waals surface area contributed by atoms with E-state index in [1.54, 1.807) is 30.3 Å². The molecule has 0 bridgehead atoms. The quantitative estimate of drug-likeness (QED) is 0.668. The van der Waals surface area contributed by atoms with E-state index in [-0.39, 0.29) is 11.5 Å². The van der Waals surface area contributed by atoms with Gasteiger partial charge < -0.3 is 10.2 Å². The molecule has 0 amide bonds. The first-order valence-electron chi connectivity index (χ1n) is 4.43. The Bertz CT molecular complexity index is 549. The fourth-order valence-electron chi connectivity index (χ4n) is 1.29. The highest BCUT2D eigenvalue weighted by Gasteiger charge is 2.16. The average molecular weight is 345 g/mol. The minimum atomic E-state index is -0.204. The molecule has 1 heterocycles. The summed E-state index contributed by atoms with van der Waals surface area (Å²) in [5.74, 6) is 0.0723. The van der Waals surface area contributed by atoms with Crippen LogP contribution in [0.3, 0.4) is 0 Å². The van der Waals surface area contributed by atoms with E-state index in [4.69, 9.17) is 10.2 Å². The van der Waals surface area contributed by atoms with Gasteiger partial charge in [0.15, 0.2) is 10.4 Å². The Morgan fingerprint density at radius 1 is 1.19 bits per heavy atom. The Labute approximate surface area is 109 Å². The number of anilines is 1. The Balaban J connectivity index is 2.45. The van der Waals surface area contributed by atoms with Crippen molar-refractivity contribution in [3.05, 3.63) is 50.8 Å². The molecule has 2 rings (SSSR count). The first kappa shape index (κ1) is 11.4. The lowest BCUT2D eigenvalue weighted by Gasteiger charge is -2.03. The van der Waals surface area contributed by atoms with E-state index in [2.05, 4.69) is 31.9 Å². The number of hydrogen-bond donors (Lipinski definition) is 1. The molecule has 0 spiro atoms.